The quantitative estimate of drug-likeness (QED) is 0.188. The first-order chi connectivity index (χ1) is 18.5. The summed E-state index contributed by atoms with van der Waals surface area (Å²) in [5.41, 5.74) is 6.38. The van der Waals surface area contributed by atoms with Gasteiger partial charge in [-0.2, -0.15) is 0 Å². The second-order valence-electron chi connectivity index (χ2n) is 9.62. The monoisotopic (exact) mass is 558 g/mol. The summed E-state index contributed by atoms with van der Waals surface area (Å²) in [6.45, 7) is 0.307. The molecule has 38 heavy (non-hydrogen) atoms. The fraction of sp³-hybridized carbons (Fsp3) is 0.156. The molecule has 0 radical (unpaired) electrons. The second kappa shape index (κ2) is 10.9. The van der Waals surface area contributed by atoms with Crippen LogP contribution in [0.25, 0.3) is 0 Å². The summed E-state index contributed by atoms with van der Waals surface area (Å²) in [6, 6.07) is 28.2. The molecule has 0 bridgehead atoms. The smallest absolute Gasteiger partial charge is 0.128 e. The summed E-state index contributed by atoms with van der Waals surface area (Å²) in [5, 5.41) is 5.55. The third-order valence-corrected chi connectivity index (χ3v) is 8.07. The second-order valence-corrected chi connectivity index (χ2v) is 10.9. The van der Waals surface area contributed by atoms with Gasteiger partial charge in [-0.25, -0.2) is 0 Å². The van der Waals surface area contributed by atoms with Crippen LogP contribution in [-0.2, 0) is 6.61 Å². The van der Waals surface area contributed by atoms with E-state index in [4.69, 9.17) is 44.5 Å². The molecule has 0 unspecified atom stereocenters. The summed E-state index contributed by atoms with van der Waals surface area (Å²) in [7, 11) is 0. The zero-order chi connectivity index (χ0) is 26.1. The molecule has 6 rings (SSSR count). The van der Waals surface area contributed by atoms with Gasteiger partial charge < -0.3 is 10.1 Å². The van der Waals surface area contributed by atoms with E-state index in [0.717, 1.165) is 23.2 Å². The van der Waals surface area contributed by atoms with Crippen LogP contribution in [0.3, 0.4) is 0 Å². The highest BCUT2D eigenvalue weighted by molar-refractivity contribution is 6.35. The number of benzene rings is 4. The maximum atomic E-state index is 6.31. The van der Waals surface area contributed by atoms with E-state index in [0.29, 0.717) is 39.3 Å². The molecule has 190 valence electrons. The first kappa shape index (κ1) is 25.1. The van der Waals surface area contributed by atoms with Gasteiger partial charge in [0.25, 0.3) is 0 Å². The normalized spacial score (nSPS) is 19.7. The Morgan fingerprint density at radius 3 is 2.53 bits per heavy atom. The number of halogens is 3. The topological polar surface area (TPSA) is 33.6 Å². The van der Waals surface area contributed by atoms with Crippen LogP contribution in [0.2, 0.25) is 15.1 Å². The van der Waals surface area contributed by atoms with E-state index in [1.807, 2.05) is 18.2 Å². The van der Waals surface area contributed by atoms with Gasteiger partial charge >= 0.3 is 0 Å². The van der Waals surface area contributed by atoms with Crippen molar-refractivity contribution in [3.63, 3.8) is 0 Å². The highest BCUT2D eigenvalue weighted by Crippen LogP contribution is 2.49. The molecule has 0 aromatic heterocycles. The third-order valence-electron chi connectivity index (χ3n) is 7.25. The Kier molecular flexibility index (Phi) is 7.16. The first-order valence-corrected chi connectivity index (χ1v) is 13.7. The van der Waals surface area contributed by atoms with Crippen LogP contribution < -0.4 is 10.1 Å². The summed E-state index contributed by atoms with van der Waals surface area (Å²) in [6.07, 6.45) is 7.54. The van der Waals surface area contributed by atoms with Gasteiger partial charge in [0, 0.05) is 44.0 Å². The summed E-state index contributed by atoms with van der Waals surface area (Å²) in [5.74, 6) is 1.64. The molecule has 4 aromatic carbocycles. The molecule has 1 aliphatic heterocycles. The van der Waals surface area contributed by atoms with E-state index in [1.54, 1.807) is 24.4 Å². The minimum Gasteiger partial charge on any atom is -0.488 e. The molecule has 0 amide bonds. The average Bonchev–Trinajstić information content (AvgIpc) is 3.43. The standard InChI is InChI=1S/C32H25Cl3N2O/c33-23-12-15-31(38-19-21-8-11-24(34)17-29(21)35)22(16-23)18-36-25-13-9-20(10-14-25)32-28-6-3-5-26(28)27-4-1-2-7-30(27)37-32/h1-5,7-18,26,28,32,37H,6,19H2/t26-,28+,32+/m1/s1. The Morgan fingerprint density at radius 1 is 0.895 bits per heavy atom. The Bertz CT molecular complexity index is 1530. The van der Waals surface area contributed by atoms with E-state index in [2.05, 4.69) is 66.0 Å². The number of fused-ring (bicyclic) bond motifs is 3. The number of ether oxygens (including phenoxy) is 1. The van der Waals surface area contributed by atoms with E-state index in [-0.39, 0.29) is 6.04 Å². The minimum atomic E-state index is 0.260. The number of aliphatic imine (C=N–C) groups is 1. The first-order valence-electron chi connectivity index (χ1n) is 12.6. The van der Waals surface area contributed by atoms with Crippen molar-refractivity contribution in [2.45, 2.75) is 25.0 Å². The van der Waals surface area contributed by atoms with Crippen LogP contribution in [0, 0.1) is 5.92 Å². The van der Waals surface area contributed by atoms with Crippen LogP contribution in [0.5, 0.6) is 5.75 Å². The molecule has 4 aromatic rings. The molecule has 3 nitrogen and oxygen atoms in total. The fourth-order valence-corrected chi connectivity index (χ4v) is 5.97. The fourth-order valence-electron chi connectivity index (χ4n) is 5.33. The number of allylic oxidation sites excluding steroid dienone is 2. The van der Waals surface area contributed by atoms with Gasteiger partial charge in [0.2, 0.25) is 0 Å². The number of nitrogens with one attached hydrogen (secondary N) is 1. The van der Waals surface area contributed by atoms with Crippen LogP contribution in [0.4, 0.5) is 11.4 Å². The molecule has 1 N–H and O–H groups in total. The lowest BCUT2D eigenvalue weighted by atomic mass is 9.77. The highest BCUT2D eigenvalue weighted by Gasteiger charge is 2.37. The minimum absolute atomic E-state index is 0.260. The third kappa shape index (κ3) is 5.19. The van der Waals surface area contributed by atoms with Crippen molar-refractivity contribution in [3.8, 4) is 5.75 Å². The summed E-state index contributed by atoms with van der Waals surface area (Å²) < 4.78 is 6.06. The lowest BCUT2D eigenvalue weighted by Crippen LogP contribution is -2.28. The van der Waals surface area contributed by atoms with Gasteiger partial charge in [-0.3, -0.25) is 4.99 Å². The zero-order valence-corrected chi connectivity index (χ0v) is 22.7. The molecule has 1 heterocycles. The maximum Gasteiger partial charge on any atom is 0.128 e. The SMILES string of the molecule is Clc1ccc(COc2ccc(Cl)cc2C=Nc2ccc([C@@H]3Nc4ccccc4[C@H]4C=CC[C@@H]43)cc2)c(Cl)c1. The van der Waals surface area contributed by atoms with Gasteiger partial charge in [0.1, 0.15) is 12.4 Å². The number of hydrogen-bond acceptors (Lipinski definition) is 3. The van der Waals surface area contributed by atoms with Gasteiger partial charge in [-0.05, 0) is 72.0 Å². The number of nitrogens with zero attached hydrogens (tertiary/aromatic N) is 1. The van der Waals surface area contributed by atoms with Crippen LogP contribution in [0.15, 0.2) is 102 Å². The lowest BCUT2D eigenvalue weighted by molar-refractivity contribution is 0.306. The van der Waals surface area contributed by atoms with Crippen molar-refractivity contribution in [3.05, 3.63) is 134 Å². The number of para-hydroxylation sites is 1. The van der Waals surface area contributed by atoms with Crippen molar-refractivity contribution in [1.29, 1.82) is 0 Å². The van der Waals surface area contributed by atoms with Gasteiger partial charge in [0.05, 0.1) is 11.7 Å². The number of hydrogen-bond donors (Lipinski definition) is 1. The van der Waals surface area contributed by atoms with Crippen LogP contribution >= 0.6 is 34.8 Å². The lowest BCUT2D eigenvalue weighted by Gasteiger charge is -2.37. The van der Waals surface area contributed by atoms with Crippen molar-refractivity contribution in [2.75, 3.05) is 5.32 Å². The Balaban J connectivity index is 1.19. The maximum absolute atomic E-state index is 6.31. The van der Waals surface area contributed by atoms with Gasteiger partial charge in [-0.15, -0.1) is 0 Å². The Labute approximate surface area is 237 Å². The summed E-state index contributed by atoms with van der Waals surface area (Å²) >= 11 is 18.6. The Hall–Kier alpha value is -3.24. The summed E-state index contributed by atoms with van der Waals surface area (Å²) in [4.78, 5) is 4.71. The average molecular weight is 560 g/mol. The molecule has 3 atom stereocenters. The zero-order valence-electron chi connectivity index (χ0n) is 20.5. The van der Waals surface area contributed by atoms with Crippen LogP contribution in [0.1, 0.15) is 40.6 Å². The van der Waals surface area contributed by atoms with E-state index in [1.165, 1.54) is 16.8 Å². The number of rotatable bonds is 6. The molecule has 0 fully saturated rings. The molecule has 1 aliphatic carbocycles. The molecule has 0 saturated carbocycles. The number of anilines is 1. The van der Waals surface area contributed by atoms with Gasteiger partial charge in [-0.1, -0.05) is 83.4 Å². The van der Waals surface area contributed by atoms with Crippen molar-refractivity contribution >= 4 is 52.4 Å². The highest BCUT2D eigenvalue weighted by atomic mass is 35.5. The predicted molar refractivity (Wildman–Crippen MR) is 159 cm³/mol. The van der Waals surface area contributed by atoms with E-state index < -0.39 is 0 Å². The predicted octanol–water partition coefficient (Wildman–Crippen LogP) is 9.80. The molecular weight excluding hydrogens is 535 g/mol. The molecule has 0 spiro atoms. The van der Waals surface area contributed by atoms with Crippen molar-refractivity contribution in [1.82, 2.24) is 0 Å². The van der Waals surface area contributed by atoms with Crippen molar-refractivity contribution < 1.29 is 4.74 Å². The molecule has 2 aliphatic rings. The Morgan fingerprint density at radius 2 is 1.68 bits per heavy atom. The van der Waals surface area contributed by atoms with E-state index in [9.17, 15) is 0 Å². The van der Waals surface area contributed by atoms with Gasteiger partial charge in [0.15, 0.2) is 0 Å². The largest absolute Gasteiger partial charge is 0.488 e. The molecule has 6 heteroatoms. The van der Waals surface area contributed by atoms with Crippen molar-refractivity contribution in [2.24, 2.45) is 10.9 Å². The molecular formula is C32H25Cl3N2O. The van der Waals surface area contributed by atoms with Crippen LogP contribution in [-0.4, -0.2) is 6.21 Å². The molecule has 0 saturated heterocycles. The van der Waals surface area contributed by atoms with E-state index >= 15 is 0 Å².